The smallest absolute Gasteiger partial charge is 0.337 e. The first-order chi connectivity index (χ1) is 18.2. The van der Waals surface area contributed by atoms with Crippen LogP contribution in [0.2, 0.25) is 0 Å². The van der Waals surface area contributed by atoms with Crippen LogP contribution in [0.5, 0.6) is 0 Å². The number of nitrogens with zero attached hydrogens (tertiary/aromatic N) is 4. The molecule has 1 aliphatic rings. The number of hydrogen-bond donors (Lipinski definition) is 1. The normalized spacial score (nSPS) is 15.9. The molecule has 2 aromatic carbocycles. The SMILES string of the molecule is C=CC(=O)N1CCCC(n2nc(-c3ccc(NC(=O)c4cccc(C(F)(F)F)c4)cc3)c3cnccc32)C1. The zero-order chi connectivity index (χ0) is 26.9. The van der Waals surface area contributed by atoms with Gasteiger partial charge in [0.25, 0.3) is 5.91 Å². The van der Waals surface area contributed by atoms with Gasteiger partial charge < -0.3 is 10.2 Å². The summed E-state index contributed by atoms with van der Waals surface area (Å²) < 4.78 is 40.9. The minimum absolute atomic E-state index is 0.00248. The molecule has 3 heterocycles. The largest absolute Gasteiger partial charge is 0.416 e. The van der Waals surface area contributed by atoms with E-state index in [-0.39, 0.29) is 17.5 Å². The van der Waals surface area contributed by atoms with E-state index in [1.807, 2.05) is 10.7 Å². The van der Waals surface area contributed by atoms with Crippen molar-refractivity contribution in [3.8, 4) is 11.3 Å². The number of piperidine rings is 1. The molecule has 38 heavy (non-hydrogen) atoms. The van der Waals surface area contributed by atoms with Gasteiger partial charge in [0.1, 0.15) is 5.69 Å². The van der Waals surface area contributed by atoms with Crippen LogP contribution in [0.3, 0.4) is 0 Å². The molecular weight excluding hydrogens is 495 g/mol. The number of hydrogen-bond acceptors (Lipinski definition) is 4. The van der Waals surface area contributed by atoms with Gasteiger partial charge in [0.05, 0.1) is 17.1 Å². The summed E-state index contributed by atoms with van der Waals surface area (Å²) in [5, 5.41) is 8.38. The van der Waals surface area contributed by atoms with Crippen molar-refractivity contribution >= 4 is 28.4 Å². The molecule has 7 nitrogen and oxygen atoms in total. The number of aromatic nitrogens is 3. The average Bonchev–Trinajstić information content (AvgIpc) is 3.32. The second kappa shape index (κ2) is 10.1. The first kappa shape index (κ1) is 25.2. The summed E-state index contributed by atoms with van der Waals surface area (Å²) >= 11 is 0. The minimum Gasteiger partial charge on any atom is -0.337 e. The molecule has 1 saturated heterocycles. The monoisotopic (exact) mass is 519 g/mol. The van der Waals surface area contributed by atoms with E-state index in [1.54, 1.807) is 41.6 Å². The quantitative estimate of drug-likeness (QED) is 0.342. The molecule has 1 fully saturated rings. The Morgan fingerprint density at radius 1 is 1.11 bits per heavy atom. The predicted molar refractivity (Wildman–Crippen MR) is 137 cm³/mol. The highest BCUT2D eigenvalue weighted by Gasteiger charge is 2.31. The number of likely N-dealkylation sites (tertiary alicyclic amines) is 1. The molecule has 1 N–H and O–H groups in total. The van der Waals surface area contributed by atoms with Gasteiger partial charge in [0.15, 0.2) is 0 Å². The third kappa shape index (κ3) is 5.02. The summed E-state index contributed by atoms with van der Waals surface area (Å²) in [6, 6.07) is 13.1. The van der Waals surface area contributed by atoms with Crippen LogP contribution >= 0.6 is 0 Å². The topological polar surface area (TPSA) is 80.1 Å². The maximum Gasteiger partial charge on any atom is 0.416 e. The van der Waals surface area contributed by atoms with Gasteiger partial charge in [-0.15, -0.1) is 0 Å². The van der Waals surface area contributed by atoms with Crippen molar-refractivity contribution in [3.05, 3.63) is 90.8 Å². The van der Waals surface area contributed by atoms with E-state index in [0.29, 0.717) is 24.5 Å². The lowest BCUT2D eigenvalue weighted by Crippen LogP contribution is -2.40. The van der Waals surface area contributed by atoms with Crippen LogP contribution in [0.25, 0.3) is 22.2 Å². The number of rotatable bonds is 5. The highest BCUT2D eigenvalue weighted by Crippen LogP contribution is 2.33. The van der Waals surface area contributed by atoms with Crippen molar-refractivity contribution in [1.29, 1.82) is 0 Å². The Morgan fingerprint density at radius 3 is 2.63 bits per heavy atom. The van der Waals surface area contributed by atoms with Crippen LogP contribution in [0, 0.1) is 0 Å². The highest BCUT2D eigenvalue weighted by molar-refractivity contribution is 6.04. The summed E-state index contributed by atoms with van der Waals surface area (Å²) in [5.41, 5.74) is 1.85. The van der Waals surface area contributed by atoms with Gasteiger partial charge in [-0.1, -0.05) is 24.8 Å². The molecule has 194 valence electrons. The standard InChI is InChI=1S/C28H24F3N5O2/c1-2-25(37)35-14-4-7-22(17-35)36-24-12-13-32-16-23(24)26(34-36)18-8-10-21(11-9-18)33-27(38)19-5-3-6-20(15-19)28(29,30)31/h2-3,5-6,8-13,15-16,22H,1,4,7,14,17H2,(H,33,38). The molecule has 0 bridgehead atoms. The Balaban J connectivity index is 1.39. The van der Waals surface area contributed by atoms with Gasteiger partial charge in [-0.3, -0.25) is 19.3 Å². The number of benzene rings is 2. The molecule has 0 aliphatic carbocycles. The zero-order valence-electron chi connectivity index (χ0n) is 20.3. The van der Waals surface area contributed by atoms with Gasteiger partial charge >= 0.3 is 6.18 Å². The molecule has 10 heteroatoms. The third-order valence-corrected chi connectivity index (χ3v) is 6.60. The van der Waals surface area contributed by atoms with E-state index < -0.39 is 17.6 Å². The molecule has 2 amide bonds. The molecular formula is C28H24F3N5O2. The first-order valence-corrected chi connectivity index (χ1v) is 12.1. The minimum atomic E-state index is -4.53. The lowest BCUT2D eigenvalue weighted by Gasteiger charge is -2.32. The van der Waals surface area contributed by atoms with E-state index in [1.165, 1.54) is 18.2 Å². The molecule has 2 aromatic heterocycles. The van der Waals surface area contributed by atoms with Crippen LogP contribution in [-0.2, 0) is 11.0 Å². The number of halogens is 3. The maximum atomic E-state index is 13.0. The summed E-state index contributed by atoms with van der Waals surface area (Å²) in [7, 11) is 0. The van der Waals surface area contributed by atoms with Crippen molar-refractivity contribution in [2.45, 2.75) is 25.1 Å². The third-order valence-electron chi connectivity index (χ3n) is 6.60. The summed E-state index contributed by atoms with van der Waals surface area (Å²) in [6.45, 7) is 4.80. The fourth-order valence-electron chi connectivity index (χ4n) is 4.71. The van der Waals surface area contributed by atoms with Gasteiger partial charge in [0, 0.05) is 47.7 Å². The van der Waals surface area contributed by atoms with Crippen molar-refractivity contribution in [1.82, 2.24) is 19.7 Å². The van der Waals surface area contributed by atoms with Crippen molar-refractivity contribution in [2.24, 2.45) is 0 Å². The number of pyridine rings is 1. The lowest BCUT2D eigenvalue weighted by molar-refractivity contribution is -0.137. The molecule has 4 aromatic rings. The Kier molecular flexibility index (Phi) is 6.71. The van der Waals surface area contributed by atoms with Crippen LogP contribution in [0.4, 0.5) is 18.9 Å². The number of carbonyl (C=O) groups is 2. The van der Waals surface area contributed by atoms with E-state index in [0.717, 1.165) is 41.4 Å². The number of alkyl halides is 3. The van der Waals surface area contributed by atoms with Crippen molar-refractivity contribution in [3.63, 3.8) is 0 Å². The van der Waals surface area contributed by atoms with Gasteiger partial charge in [0.2, 0.25) is 5.91 Å². The Hall–Kier alpha value is -4.47. The van der Waals surface area contributed by atoms with Crippen molar-refractivity contribution < 1.29 is 22.8 Å². The molecule has 5 rings (SSSR count). The predicted octanol–water partition coefficient (Wildman–Crippen LogP) is 5.72. The Morgan fingerprint density at radius 2 is 1.89 bits per heavy atom. The van der Waals surface area contributed by atoms with E-state index in [4.69, 9.17) is 5.10 Å². The lowest BCUT2D eigenvalue weighted by atomic mass is 10.1. The average molecular weight is 520 g/mol. The zero-order valence-corrected chi connectivity index (χ0v) is 20.3. The van der Waals surface area contributed by atoms with E-state index >= 15 is 0 Å². The first-order valence-electron chi connectivity index (χ1n) is 12.1. The fourth-order valence-corrected chi connectivity index (χ4v) is 4.71. The molecule has 0 spiro atoms. The second-order valence-electron chi connectivity index (χ2n) is 9.08. The van der Waals surface area contributed by atoms with Crippen LogP contribution in [-0.4, -0.2) is 44.6 Å². The number of amides is 2. The summed E-state index contributed by atoms with van der Waals surface area (Å²) in [4.78, 5) is 30.8. The molecule has 1 aliphatic heterocycles. The summed E-state index contributed by atoms with van der Waals surface area (Å²) in [5.74, 6) is -0.741. The Labute approximate surface area is 216 Å². The van der Waals surface area contributed by atoms with Crippen LogP contribution in [0.1, 0.15) is 34.8 Å². The number of anilines is 1. The fraction of sp³-hybridized carbons (Fsp3) is 0.214. The number of fused-ring (bicyclic) bond motifs is 1. The van der Waals surface area contributed by atoms with E-state index in [2.05, 4.69) is 16.9 Å². The Bertz CT molecular complexity index is 1510. The van der Waals surface area contributed by atoms with Gasteiger partial charge in [-0.25, -0.2) is 0 Å². The molecule has 0 saturated carbocycles. The van der Waals surface area contributed by atoms with Gasteiger partial charge in [-0.2, -0.15) is 18.3 Å². The van der Waals surface area contributed by atoms with Gasteiger partial charge in [-0.05, 0) is 55.3 Å². The summed E-state index contributed by atoms with van der Waals surface area (Å²) in [6.07, 6.45) is 1.97. The second-order valence-corrected chi connectivity index (χ2v) is 9.08. The maximum absolute atomic E-state index is 13.0. The van der Waals surface area contributed by atoms with E-state index in [9.17, 15) is 22.8 Å². The highest BCUT2D eigenvalue weighted by atomic mass is 19.4. The number of carbonyl (C=O) groups excluding carboxylic acids is 2. The number of nitrogens with one attached hydrogen (secondary N) is 1. The molecule has 1 atom stereocenters. The van der Waals surface area contributed by atoms with Crippen LogP contribution < -0.4 is 5.32 Å². The molecule has 1 unspecified atom stereocenters. The van der Waals surface area contributed by atoms with Crippen molar-refractivity contribution in [2.75, 3.05) is 18.4 Å². The molecule has 0 radical (unpaired) electrons. The van der Waals surface area contributed by atoms with Crippen LogP contribution in [0.15, 0.2) is 79.6 Å².